The third-order valence-electron chi connectivity index (χ3n) is 3.60. The van der Waals surface area contributed by atoms with Gasteiger partial charge in [-0.05, 0) is 25.4 Å². The van der Waals surface area contributed by atoms with Crippen molar-refractivity contribution in [1.82, 2.24) is 9.80 Å². The maximum absolute atomic E-state index is 12.6. The quantitative estimate of drug-likeness (QED) is 0.819. The summed E-state index contributed by atoms with van der Waals surface area (Å²) in [6, 6.07) is -2.01. The Hall–Kier alpha value is -0.180. The Balaban J connectivity index is 0.00000400. The van der Waals surface area contributed by atoms with E-state index in [1.165, 1.54) is 4.90 Å². The van der Waals surface area contributed by atoms with Crippen LogP contribution in [0.25, 0.3) is 0 Å². The number of nitrogens with two attached hydrogens (primary N) is 1. The van der Waals surface area contributed by atoms with E-state index >= 15 is 0 Å². The van der Waals surface area contributed by atoms with Crippen molar-refractivity contribution in [1.29, 1.82) is 0 Å². The zero-order chi connectivity index (χ0) is 15.3. The lowest BCUT2D eigenvalue weighted by molar-refractivity contribution is -0.183. The van der Waals surface area contributed by atoms with Crippen molar-refractivity contribution in [3.05, 3.63) is 0 Å². The number of piperazine rings is 1. The molecule has 1 aliphatic heterocycles. The van der Waals surface area contributed by atoms with E-state index in [4.69, 9.17) is 5.73 Å². The fourth-order valence-corrected chi connectivity index (χ4v) is 2.63. The number of thioether (sulfide) groups is 1. The van der Waals surface area contributed by atoms with Gasteiger partial charge in [0.1, 0.15) is 6.04 Å². The van der Waals surface area contributed by atoms with E-state index in [0.29, 0.717) is 19.5 Å². The minimum Gasteiger partial charge on any atom is -0.339 e. The minimum absolute atomic E-state index is 0. The van der Waals surface area contributed by atoms with Gasteiger partial charge in [-0.3, -0.25) is 9.69 Å². The van der Waals surface area contributed by atoms with E-state index < -0.39 is 18.3 Å². The van der Waals surface area contributed by atoms with Crippen LogP contribution < -0.4 is 5.73 Å². The molecular weight excluding hydrogens is 327 g/mol. The predicted molar refractivity (Wildman–Crippen MR) is 81.9 cm³/mol. The summed E-state index contributed by atoms with van der Waals surface area (Å²) in [7, 11) is 0. The number of nitrogens with zero attached hydrogens (tertiary/aromatic N) is 2. The zero-order valence-corrected chi connectivity index (χ0v) is 13.9. The van der Waals surface area contributed by atoms with Crippen LogP contribution in [0.2, 0.25) is 0 Å². The van der Waals surface area contributed by atoms with Crippen LogP contribution in [-0.2, 0) is 4.79 Å². The zero-order valence-electron chi connectivity index (χ0n) is 12.2. The fraction of sp³-hybridized carbons (Fsp3) is 0.917. The molecule has 0 aliphatic carbocycles. The highest BCUT2D eigenvalue weighted by Gasteiger charge is 2.41. The summed E-state index contributed by atoms with van der Waals surface area (Å²) >= 11 is 1.62. The molecule has 9 heteroatoms. The summed E-state index contributed by atoms with van der Waals surface area (Å²) in [6.45, 7) is 2.25. The lowest BCUT2D eigenvalue weighted by Crippen LogP contribution is -2.57. The molecule has 0 aromatic rings. The average molecular weight is 350 g/mol. The highest BCUT2D eigenvalue weighted by Crippen LogP contribution is 2.25. The third kappa shape index (κ3) is 6.22. The predicted octanol–water partition coefficient (Wildman–Crippen LogP) is 1.58. The highest BCUT2D eigenvalue weighted by molar-refractivity contribution is 7.98. The lowest BCUT2D eigenvalue weighted by Gasteiger charge is -2.39. The van der Waals surface area contributed by atoms with Gasteiger partial charge in [0.15, 0.2) is 0 Å². The van der Waals surface area contributed by atoms with E-state index in [2.05, 4.69) is 0 Å². The molecule has 1 rings (SSSR count). The smallest absolute Gasteiger partial charge is 0.339 e. The Bertz CT molecular complexity index is 325. The van der Waals surface area contributed by atoms with Crippen molar-refractivity contribution in [2.45, 2.75) is 31.6 Å². The SMILES string of the molecule is CSCC[C@H](N)C(=O)N1CCN(C(C)C(F)(F)F)CC1.Cl. The monoisotopic (exact) mass is 349 g/mol. The number of rotatable bonds is 5. The molecule has 0 saturated carbocycles. The van der Waals surface area contributed by atoms with Crippen molar-refractivity contribution in [2.75, 3.05) is 38.2 Å². The van der Waals surface area contributed by atoms with Gasteiger partial charge in [-0.1, -0.05) is 0 Å². The van der Waals surface area contributed by atoms with Gasteiger partial charge in [0.05, 0.1) is 6.04 Å². The van der Waals surface area contributed by atoms with E-state index in [1.54, 1.807) is 16.7 Å². The molecule has 1 fully saturated rings. The first-order valence-corrected chi connectivity index (χ1v) is 8.00. The maximum atomic E-state index is 12.6. The highest BCUT2D eigenvalue weighted by atomic mass is 35.5. The Morgan fingerprint density at radius 1 is 1.29 bits per heavy atom. The number of carbonyl (C=O) groups is 1. The van der Waals surface area contributed by atoms with E-state index in [0.717, 1.165) is 12.7 Å². The molecule has 2 atom stereocenters. The largest absolute Gasteiger partial charge is 0.403 e. The molecule has 1 saturated heterocycles. The fourth-order valence-electron chi connectivity index (χ4n) is 2.14. The number of amides is 1. The second-order valence-electron chi connectivity index (χ2n) is 4.97. The van der Waals surface area contributed by atoms with Crippen LogP contribution in [-0.4, -0.2) is 72.2 Å². The molecular formula is C12H23ClF3N3OS. The van der Waals surface area contributed by atoms with E-state index in [-0.39, 0.29) is 31.4 Å². The van der Waals surface area contributed by atoms with E-state index in [9.17, 15) is 18.0 Å². The number of hydrogen-bond acceptors (Lipinski definition) is 4. The first-order chi connectivity index (χ1) is 9.27. The Morgan fingerprint density at radius 2 is 1.81 bits per heavy atom. The van der Waals surface area contributed by atoms with Crippen LogP contribution in [0.5, 0.6) is 0 Å². The van der Waals surface area contributed by atoms with Gasteiger partial charge in [-0.25, -0.2) is 0 Å². The van der Waals surface area contributed by atoms with Crippen LogP contribution in [0.1, 0.15) is 13.3 Å². The summed E-state index contributed by atoms with van der Waals surface area (Å²) in [6.07, 6.45) is -1.69. The van der Waals surface area contributed by atoms with Crippen molar-refractivity contribution in [3.63, 3.8) is 0 Å². The summed E-state index contributed by atoms with van der Waals surface area (Å²) in [5, 5.41) is 0. The Morgan fingerprint density at radius 3 is 2.24 bits per heavy atom. The topological polar surface area (TPSA) is 49.6 Å². The van der Waals surface area contributed by atoms with Crippen LogP contribution in [0, 0.1) is 0 Å². The van der Waals surface area contributed by atoms with Gasteiger partial charge < -0.3 is 10.6 Å². The van der Waals surface area contributed by atoms with E-state index in [1.807, 2.05) is 6.26 Å². The minimum atomic E-state index is -4.22. The van der Waals surface area contributed by atoms with Gasteiger partial charge in [0, 0.05) is 26.2 Å². The van der Waals surface area contributed by atoms with Gasteiger partial charge in [0.25, 0.3) is 0 Å². The summed E-state index contributed by atoms with van der Waals surface area (Å²) in [4.78, 5) is 15.0. The van der Waals surface area contributed by atoms with Crippen molar-refractivity contribution < 1.29 is 18.0 Å². The van der Waals surface area contributed by atoms with Crippen LogP contribution in [0.3, 0.4) is 0 Å². The summed E-state index contributed by atoms with van der Waals surface area (Å²) in [5.41, 5.74) is 5.80. The summed E-state index contributed by atoms with van der Waals surface area (Å²) < 4.78 is 37.8. The molecule has 1 unspecified atom stereocenters. The standard InChI is InChI=1S/C12H22F3N3OS.ClH/c1-9(12(13,14)15)17-4-6-18(7-5-17)11(19)10(16)3-8-20-2;/h9-10H,3-8,16H2,1-2H3;1H/t9?,10-;/m0./s1. The average Bonchev–Trinajstić information content (AvgIpc) is 2.42. The Labute approximate surface area is 134 Å². The van der Waals surface area contributed by atoms with Crippen molar-refractivity contribution in [2.24, 2.45) is 5.73 Å². The second-order valence-corrected chi connectivity index (χ2v) is 5.95. The molecule has 0 spiro atoms. The van der Waals surface area contributed by atoms with Crippen molar-refractivity contribution in [3.8, 4) is 0 Å². The first kappa shape index (κ1) is 20.8. The van der Waals surface area contributed by atoms with Gasteiger partial charge in [0.2, 0.25) is 5.91 Å². The summed E-state index contributed by atoms with van der Waals surface area (Å²) in [5.74, 6) is 0.649. The molecule has 0 aromatic heterocycles. The van der Waals surface area contributed by atoms with Gasteiger partial charge in [-0.15, -0.1) is 12.4 Å². The Kier molecular flexibility index (Phi) is 8.99. The second kappa shape index (κ2) is 9.07. The number of alkyl halides is 3. The normalized spacial score (nSPS) is 19.8. The molecule has 4 nitrogen and oxygen atoms in total. The molecule has 21 heavy (non-hydrogen) atoms. The lowest BCUT2D eigenvalue weighted by atomic mass is 10.1. The first-order valence-electron chi connectivity index (χ1n) is 6.61. The van der Waals surface area contributed by atoms with Gasteiger partial charge in [-0.2, -0.15) is 24.9 Å². The molecule has 1 aliphatic rings. The molecule has 126 valence electrons. The van der Waals surface area contributed by atoms with Crippen molar-refractivity contribution >= 4 is 30.1 Å². The molecule has 1 amide bonds. The third-order valence-corrected chi connectivity index (χ3v) is 4.24. The van der Waals surface area contributed by atoms with Crippen LogP contribution in [0.4, 0.5) is 13.2 Å². The molecule has 0 bridgehead atoms. The number of halogens is 4. The van der Waals surface area contributed by atoms with Gasteiger partial charge >= 0.3 is 6.18 Å². The molecule has 0 radical (unpaired) electrons. The maximum Gasteiger partial charge on any atom is 0.403 e. The molecule has 2 N–H and O–H groups in total. The van der Waals surface area contributed by atoms with Crippen LogP contribution >= 0.6 is 24.2 Å². The molecule has 1 heterocycles. The number of hydrogen-bond donors (Lipinski definition) is 1. The molecule has 0 aromatic carbocycles. The van der Waals surface area contributed by atoms with Crippen LogP contribution in [0.15, 0.2) is 0 Å². The number of carbonyl (C=O) groups excluding carboxylic acids is 1.